The second-order valence-corrected chi connectivity index (χ2v) is 6.14. The zero-order chi connectivity index (χ0) is 14.4. The minimum absolute atomic E-state index is 0.0254. The van der Waals surface area contributed by atoms with Gasteiger partial charge in [-0.1, -0.05) is 12.5 Å². The molecule has 2 N–H and O–H groups in total. The van der Waals surface area contributed by atoms with Gasteiger partial charge in [0.15, 0.2) is 0 Å². The van der Waals surface area contributed by atoms with E-state index >= 15 is 0 Å². The SMILES string of the molecule is O=C(Nc1ccc2c3c(c(=O)[nH]c2c1)CCC3)C1CCC1. The smallest absolute Gasteiger partial charge is 0.251 e. The molecule has 1 fully saturated rings. The maximum atomic E-state index is 12.1. The molecule has 1 amide bonds. The fourth-order valence-electron chi connectivity index (χ4n) is 3.39. The molecule has 1 saturated carbocycles. The average Bonchev–Trinajstić information content (AvgIpc) is 2.86. The summed E-state index contributed by atoms with van der Waals surface area (Å²) in [6.07, 6.45) is 6.03. The average molecular weight is 282 g/mol. The highest BCUT2D eigenvalue weighted by Crippen LogP contribution is 2.30. The highest BCUT2D eigenvalue weighted by Gasteiger charge is 2.25. The lowest BCUT2D eigenvalue weighted by Crippen LogP contribution is -2.28. The number of aromatic amines is 1. The molecule has 0 aliphatic heterocycles. The molecule has 4 nitrogen and oxygen atoms in total. The van der Waals surface area contributed by atoms with Crippen molar-refractivity contribution in [3.05, 3.63) is 39.7 Å². The number of hydrogen-bond acceptors (Lipinski definition) is 2. The first kappa shape index (κ1) is 12.6. The molecule has 1 aromatic carbocycles. The van der Waals surface area contributed by atoms with Gasteiger partial charge in [-0.15, -0.1) is 0 Å². The van der Waals surface area contributed by atoms with Crippen molar-refractivity contribution >= 4 is 22.5 Å². The second-order valence-electron chi connectivity index (χ2n) is 6.14. The fraction of sp³-hybridized carbons (Fsp3) is 0.412. The molecule has 1 aromatic heterocycles. The molecule has 108 valence electrons. The van der Waals surface area contributed by atoms with Crippen molar-refractivity contribution in [2.75, 3.05) is 5.32 Å². The monoisotopic (exact) mass is 282 g/mol. The van der Waals surface area contributed by atoms with Crippen LogP contribution in [0.5, 0.6) is 0 Å². The third kappa shape index (κ3) is 2.06. The van der Waals surface area contributed by atoms with Crippen molar-refractivity contribution in [1.82, 2.24) is 4.98 Å². The first-order chi connectivity index (χ1) is 10.2. The number of anilines is 1. The van der Waals surface area contributed by atoms with Gasteiger partial charge in [0.1, 0.15) is 0 Å². The number of fused-ring (bicyclic) bond motifs is 3. The number of amides is 1. The lowest BCUT2D eigenvalue weighted by atomic mass is 9.85. The molecule has 0 bridgehead atoms. The summed E-state index contributed by atoms with van der Waals surface area (Å²) < 4.78 is 0. The lowest BCUT2D eigenvalue weighted by Gasteiger charge is -2.24. The molecule has 0 saturated heterocycles. The molecule has 2 aromatic rings. The van der Waals surface area contributed by atoms with Crippen molar-refractivity contribution in [2.24, 2.45) is 5.92 Å². The molecule has 0 unspecified atom stereocenters. The van der Waals surface area contributed by atoms with E-state index in [4.69, 9.17) is 0 Å². The molecule has 1 heterocycles. The van der Waals surface area contributed by atoms with Gasteiger partial charge in [0.05, 0.1) is 5.52 Å². The third-order valence-electron chi connectivity index (χ3n) is 4.83. The van der Waals surface area contributed by atoms with Gasteiger partial charge in [-0.25, -0.2) is 0 Å². The van der Waals surface area contributed by atoms with Crippen molar-refractivity contribution in [3.8, 4) is 0 Å². The van der Waals surface area contributed by atoms with Crippen LogP contribution in [0.25, 0.3) is 10.9 Å². The molecule has 0 spiro atoms. The predicted molar refractivity (Wildman–Crippen MR) is 82.6 cm³/mol. The highest BCUT2D eigenvalue weighted by atomic mass is 16.2. The number of hydrogen-bond donors (Lipinski definition) is 2. The summed E-state index contributed by atoms with van der Waals surface area (Å²) in [7, 11) is 0. The minimum Gasteiger partial charge on any atom is -0.326 e. The van der Waals surface area contributed by atoms with E-state index < -0.39 is 0 Å². The second kappa shape index (κ2) is 4.72. The zero-order valence-corrected chi connectivity index (χ0v) is 11.9. The van der Waals surface area contributed by atoms with E-state index in [0.717, 1.165) is 60.7 Å². The number of aromatic nitrogens is 1. The Balaban J connectivity index is 1.71. The molecule has 4 rings (SSSR count). The molecular weight excluding hydrogens is 264 g/mol. The Labute approximate surface area is 122 Å². The Bertz CT molecular complexity index is 787. The van der Waals surface area contributed by atoms with E-state index in [1.54, 1.807) is 0 Å². The summed E-state index contributed by atoms with van der Waals surface area (Å²) in [5.74, 6) is 0.267. The van der Waals surface area contributed by atoms with Gasteiger partial charge < -0.3 is 10.3 Å². The Hall–Kier alpha value is -2.10. The van der Waals surface area contributed by atoms with Crippen LogP contribution in [-0.2, 0) is 17.6 Å². The number of benzene rings is 1. The van der Waals surface area contributed by atoms with Gasteiger partial charge in [-0.2, -0.15) is 0 Å². The van der Waals surface area contributed by atoms with Crippen LogP contribution in [0.2, 0.25) is 0 Å². The normalized spacial score (nSPS) is 17.5. The van der Waals surface area contributed by atoms with Crippen LogP contribution in [-0.4, -0.2) is 10.9 Å². The molecular formula is C17H18N2O2. The van der Waals surface area contributed by atoms with E-state index in [9.17, 15) is 9.59 Å². The number of pyridine rings is 1. The van der Waals surface area contributed by atoms with E-state index in [1.807, 2.05) is 18.2 Å². The number of carbonyl (C=O) groups excluding carboxylic acids is 1. The van der Waals surface area contributed by atoms with Gasteiger partial charge in [0.2, 0.25) is 5.91 Å². The Morgan fingerprint density at radius 3 is 2.71 bits per heavy atom. The molecule has 0 radical (unpaired) electrons. The fourth-order valence-corrected chi connectivity index (χ4v) is 3.39. The zero-order valence-electron chi connectivity index (χ0n) is 11.9. The van der Waals surface area contributed by atoms with Crippen molar-refractivity contribution in [1.29, 1.82) is 0 Å². The summed E-state index contributed by atoms with van der Waals surface area (Å²) in [5, 5.41) is 4.08. The summed E-state index contributed by atoms with van der Waals surface area (Å²) in [6, 6.07) is 5.84. The van der Waals surface area contributed by atoms with Crippen LogP contribution in [0.4, 0.5) is 5.69 Å². The van der Waals surface area contributed by atoms with E-state index in [2.05, 4.69) is 10.3 Å². The molecule has 2 aliphatic carbocycles. The number of aryl methyl sites for hydroxylation is 1. The third-order valence-corrected chi connectivity index (χ3v) is 4.83. The van der Waals surface area contributed by atoms with E-state index in [1.165, 1.54) is 5.56 Å². The molecule has 0 atom stereocenters. The summed E-state index contributed by atoms with van der Waals surface area (Å²) in [6.45, 7) is 0. The number of nitrogens with one attached hydrogen (secondary N) is 2. The van der Waals surface area contributed by atoms with Crippen LogP contribution in [0, 0.1) is 5.92 Å². The summed E-state index contributed by atoms with van der Waals surface area (Å²) in [5.41, 5.74) is 3.75. The van der Waals surface area contributed by atoms with E-state index in [0.29, 0.717) is 0 Å². The minimum atomic E-state index is 0.0254. The van der Waals surface area contributed by atoms with Crippen LogP contribution in [0.1, 0.15) is 36.8 Å². The van der Waals surface area contributed by atoms with Crippen molar-refractivity contribution in [2.45, 2.75) is 38.5 Å². The Morgan fingerprint density at radius 2 is 1.95 bits per heavy atom. The molecule has 2 aliphatic rings. The first-order valence-corrected chi connectivity index (χ1v) is 7.71. The first-order valence-electron chi connectivity index (χ1n) is 7.71. The van der Waals surface area contributed by atoms with Gasteiger partial charge in [-0.05, 0) is 49.8 Å². The lowest BCUT2D eigenvalue weighted by molar-refractivity contribution is -0.122. The maximum Gasteiger partial charge on any atom is 0.251 e. The topological polar surface area (TPSA) is 62.0 Å². The highest BCUT2D eigenvalue weighted by molar-refractivity contribution is 5.95. The van der Waals surface area contributed by atoms with E-state index in [-0.39, 0.29) is 17.4 Å². The quantitative estimate of drug-likeness (QED) is 0.889. The molecule has 21 heavy (non-hydrogen) atoms. The van der Waals surface area contributed by atoms with Crippen LogP contribution in [0.15, 0.2) is 23.0 Å². The van der Waals surface area contributed by atoms with Gasteiger partial charge >= 0.3 is 0 Å². The van der Waals surface area contributed by atoms with Gasteiger partial charge in [0.25, 0.3) is 5.56 Å². The largest absolute Gasteiger partial charge is 0.326 e. The number of rotatable bonds is 2. The van der Waals surface area contributed by atoms with Crippen LogP contribution in [0.3, 0.4) is 0 Å². The predicted octanol–water partition coefficient (Wildman–Crippen LogP) is 2.76. The maximum absolute atomic E-state index is 12.1. The van der Waals surface area contributed by atoms with Gasteiger partial charge in [0, 0.05) is 22.6 Å². The van der Waals surface area contributed by atoms with Crippen LogP contribution >= 0.6 is 0 Å². The standard InChI is InChI=1S/C17H18N2O2/c20-16(10-3-1-4-10)18-11-7-8-13-12-5-2-6-14(12)17(21)19-15(13)9-11/h7-10H,1-6H2,(H,18,20)(H,19,21). The Kier molecular flexibility index (Phi) is 2.84. The van der Waals surface area contributed by atoms with Crippen molar-refractivity contribution in [3.63, 3.8) is 0 Å². The Morgan fingerprint density at radius 1 is 1.14 bits per heavy atom. The van der Waals surface area contributed by atoms with Crippen molar-refractivity contribution < 1.29 is 4.79 Å². The molecule has 4 heteroatoms. The van der Waals surface area contributed by atoms with Gasteiger partial charge in [-0.3, -0.25) is 9.59 Å². The summed E-state index contributed by atoms with van der Waals surface area (Å²) in [4.78, 5) is 27.0. The number of H-pyrrole nitrogens is 1. The summed E-state index contributed by atoms with van der Waals surface area (Å²) >= 11 is 0. The number of carbonyl (C=O) groups is 1. The van der Waals surface area contributed by atoms with Crippen LogP contribution < -0.4 is 10.9 Å².